The van der Waals surface area contributed by atoms with E-state index in [1.54, 1.807) is 6.26 Å². The number of hydrogen-bond donors (Lipinski definition) is 0. The summed E-state index contributed by atoms with van der Waals surface area (Å²) in [6, 6.07) is 12.0. The smallest absolute Gasteiger partial charge is 0.136 e. The van der Waals surface area contributed by atoms with Gasteiger partial charge in [-0.25, -0.2) is 0 Å². The van der Waals surface area contributed by atoms with Crippen molar-refractivity contribution in [1.82, 2.24) is 0 Å². The highest BCUT2D eigenvalue weighted by atomic mass is 16.5. The summed E-state index contributed by atoms with van der Waals surface area (Å²) in [5, 5.41) is 0. The molecule has 1 atom stereocenters. The molecule has 3 rings (SSSR count). The average molecular weight is 270 g/mol. The molecule has 0 aliphatic carbocycles. The van der Waals surface area contributed by atoms with E-state index in [4.69, 9.17) is 9.15 Å². The van der Waals surface area contributed by atoms with Crippen molar-refractivity contribution in [2.24, 2.45) is 0 Å². The van der Waals surface area contributed by atoms with E-state index < -0.39 is 0 Å². The van der Waals surface area contributed by atoms with Gasteiger partial charge in [-0.15, -0.1) is 0 Å². The van der Waals surface area contributed by atoms with Crippen LogP contribution < -0.4 is 0 Å². The van der Waals surface area contributed by atoms with E-state index in [1.807, 2.05) is 24.3 Å². The molecular weight excluding hydrogens is 252 g/mol. The molecule has 0 spiro atoms. The van der Waals surface area contributed by atoms with Crippen molar-refractivity contribution in [1.29, 1.82) is 0 Å². The van der Waals surface area contributed by atoms with E-state index in [1.165, 1.54) is 11.1 Å². The zero-order valence-electron chi connectivity index (χ0n) is 11.4. The van der Waals surface area contributed by atoms with E-state index >= 15 is 0 Å². The molecule has 1 aliphatic heterocycles. The lowest BCUT2D eigenvalue weighted by molar-refractivity contribution is -0.122. The van der Waals surface area contributed by atoms with Gasteiger partial charge in [0.05, 0.1) is 19.0 Å². The van der Waals surface area contributed by atoms with Gasteiger partial charge in [-0.05, 0) is 29.7 Å². The van der Waals surface area contributed by atoms with Crippen molar-refractivity contribution in [3.8, 4) is 0 Å². The SMILES string of the molecule is O=C(CCc1ccco1)CC1OCCc2ccccc21. The Kier molecular flexibility index (Phi) is 3.97. The Morgan fingerprint density at radius 1 is 1.20 bits per heavy atom. The molecule has 20 heavy (non-hydrogen) atoms. The van der Waals surface area contributed by atoms with Crippen molar-refractivity contribution >= 4 is 5.78 Å². The largest absolute Gasteiger partial charge is 0.469 e. The Labute approximate surface area is 118 Å². The molecule has 104 valence electrons. The van der Waals surface area contributed by atoms with Crippen LogP contribution in [0.5, 0.6) is 0 Å². The minimum atomic E-state index is -0.0796. The molecule has 0 radical (unpaired) electrons. The third kappa shape index (κ3) is 2.99. The first-order chi connectivity index (χ1) is 9.83. The normalized spacial score (nSPS) is 17.7. The summed E-state index contributed by atoms with van der Waals surface area (Å²) in [6.45, 7) is 0.702. The number of carbonyl (C=O) groups is 1. The third-order valence-electron chi connectivity index (χ3n) is 3.74. The second kappa shape index (κ2) is 6.06. The first-order valence-corrected chi connectivity index (χ1v) is 7.06. The zero-order valence-corrected chi connectivity index (χ0v) is 11.4. The highest BCUT2D eigenvalue weighted by Crippen LogP contribution is 2.30. The second-order valence-electron chi connectivity index (χ2n) is 5.13. The summed E-state index contributed by atoms with van der Waals surface area (Å²) in [5.41, 5.74) is 2.48. The number of ketones is 1. The molecule has 3 nitrogen and oxygen atoms in total. The van der Waals surface area contributed by atoms with E-state index in [0.717, 1.165) is 12.2 Å². The van der Waals surface area contributed by atoms with Crippen LogP contribution in [0.1, 0.15) is 35.8 Å². The van der Waals surface area contributed by atoms with Crippen molar-refractivity contribution in [3.05, 3.63) is 59.5 Å². The quantitative estimate of drug-likeness (QED) is 0.835. The molecule has 0 bridgehead atoms. The number of furan rings is 1. The summed E-state index contributed by atoms with van der Waals surface area (Å²) >= 11 is 0. The Balaban J connectivity index is 1.59. The van der Waals surface area contributed by atoms with Crippen LogP contribution in [0.2, 0.25) is 0 Å². The molecule has 0 saturated carbocycles. The predicted molar refractivity (Wildman–Crippen MR) is 75.5 cm³/mol. The van der Waals surface area contributed by atoms with E-state index in [0.29, 0.717) is 25.9 Å². The number of aryl methyl sites for hydroxylation is 1. The summed E-state index contributed by atoms with van der Waals surface area (Å²) in [5.74, 6) is 1.09. The van der Waals surface area contributed by atoms with Crippen LogP contribution in [0.4, 0.5) is 0 Å². The summed E-state index contributed by atoms with van der Waals surface area (Å²) < 4.78 is 11.0. The van der Waals surface area contributed by atoms with Gasteiger partial charge in [0, 0.05) is 19.3 Å². The van der Waals surface area contributed by atoms with Gasteiger partial charge in [-0.1, -0.05) is 24.3 Å². The number of rotatable bonds is 5. The Morgan fingerprint density at radius 2 is 2.10 bits per heavy atom. The molecule has 1 aliphatic rings. The van der Waals surface area contributed by atoms with Crippen LogP contribution in [0.15, 0.2) is 47.1 Å². The number of hydrogen-bond acceptors (Lipinski definition) is 3. The summed E-state index contributed by atoms with van der Waals surface area (Å²) in [6.07, 6.45) is 4.13. The number of benzene rings is 1. The standard InChI is InChI=1S/C17H18O3/c18-14(7-8-15-5-3-10-19-15)12-17-16-6-2-1-4-13(16)9-11-20-17/h1-6,10,17H,7-9,11-12H2. The van der Waals surface area contributed by atoms with E-state index in [9.17, 15) is 4.79 Å². The Morgan fingerprint density at radius 3 is 2.95 bits per heavy atom. The van der Waals surface area contributed by atoms with Crippen LogP contribution in [-0.2, 0) is 22.4 Å². The summed E-state index contributed by atoms with van der Waals surface area (Å²) in [4.78, 5) is 12.1. The number of carbonyl (C=O) groups excluding carboxylic acids is 1. The lowest BCUT2D eigenvalue weighted by Gasteiger charge is -2.25. The van der Waals surface area contributed by atoms with Crippen LogP contribution in [-0.4, -0.2) is 12.4 Å². The number of Topliss-reactive ketones (excluding diaryl/α,β-unsaturated/α-hetero) is 1. The maximum absolute atomic E-state index is 12.1. The Bertz CT molecular complexity index is 572. The highest BCUT2D eigenvalue weighted by molar-refractivity contribution is 5.79. The maximum atomic E-state index is 12.1. The fraction of sp³-hybridized carbons (Fsp3) is 0.353. The van der Waals surface area contributed by atoms with E-state index in [2.05, 4.69) is 12.1 Å². The fourth-order valence-corrected chi connectivity index (χ4v) is 2.67. The molecule has 3 heteroatoms. The van der Waals surface area contributed by atoms with Crippen LogP contribution in [0.25, 0.3) is 0 Å². The molecule has 0 amide bonds. The fourth-order valence-electron chi connectivity index (χ4n) is 2.67. The summed E-state index contributed by atoms with van der Waals surface area (Å²) in [7, 11) is 0. The topological polar surface area (TPSA) is 39.4 Å². The van der Waals surface area contributed by atoms with Gasteiger partial charge < -0.3 is 9.15 Å². The first kappa shape index (κ1) is 13.1. The molecular formula is C17H18O3. The van der Waals surface area contributed by atoms with Crippen LogP contribution in [0, 0.1) is 0 Å². The molecule has 0 fully saturated rings. The number of fused-ring (bicyclic) bond motifs is 1. The van der Waals surface area contributed by atoms with Gasteiger partial charge in [-0.2, -0.15) is 0 Å². The minimum Gasteiger partial charge on any atom is -0.469 e. The minimum absolute atomic E-state index is 0.0796. The molecule has 1 unspecified atom stereocenters. The van der Waals surface area contributed by atoms with Crippen molar-refractivity contribution in [2.45, 2.75) is 31.8 Å². The average Bonchev–Trinajstić information content (AvgIpc) is 2.99. The molecule has 1 aromatic heterocycles. The van der Waals surface area contributed by atoms with Gasteiger partial charge in [0.15, 0.2) is 0 Å². The molecule has 2 aromatic rings. The van der Waals surface area contributed by atoms with Crippen molar-refractivity contribution in [2.75, 3.05) is 6.61 Å². The van der Waals surface area contributed by atoms with Gasteiger partial charge in [-0.3, -0.25) is 4.79 Å². The maximum Gasteiger partial charge on any atom is 0.136 e. The third-order valence-corrected chi connectivity index (χ3v) is 3.74. The van der Waals surface area contributed by atoms with Crippen LogP contribution in [0.3, 0.4) is 0 Å². The number of ether oxygens (including phenoxy) is 1. The molecule has 0 saturated heterocycles. The van der Waals surface area contributed by atoms with Crippen molar-refractivity contribution < 1.29 is 13.9 Å². The highest BCUT2D eigenvalue weighted by Gasteiger charge is 2.22. The van der Waals surface area contributed by atoms with Gasteiger partial charge in [0.2, 0.25) is 0 Å². The lowest BCUT2D eigenvalue weighted by atomic mass is 9.94. The lowest BCUT2D eigenvalue weighted by Crippen LogP contribution is -2.19. The molecule has 2 heterocycles. The van der Waals surface area contributed by atoms with Gasteiger partial charge in [0.1, 0.15) is 11.5 Å². The van der Waals surface area contributed by atoms with Crippen LogP contribution >= 0.6 is 0 Å². The second-order valence-corrected chi connectivity index (χ2v) is 5.13. The predicted octanol–water partition coefficient (Wildman–Crippen LogP) is 3.49. The van der Waals surface area contributed by atoms with E-state index in [-0.39, 0.29) is 11.9 Å². The monoisotopic (exact) mass is 270 g/mol. The molecule has 1 aromatic carbocycles. The van der Waals surface area contributed by atoms with Gasteiger partial charge >= 0.3 is 0 Å². The molecule has 0 N–H and O–H groups in total. The van der Waals surface area contributed by atoms with Crippen molar-refractivity contribution in [3.63, 3.8) is 0 Å². The first-order valence-electron chi connectivity index (χ1n) is 7.06. The zero-order chi connectivity index (χ0) is 13.8. The Hall–Kier alpha value is -1.87. The van der Waals surface area contributed by atoms with Gasteiger partial charge in [0.25, 0.3) is 0 Å².